The van der Waals surface area contributed by atoms with Gasteiger partial charge in [0.1, 0.15) is 6.10 Å². The lowest BCUT2D eigenvalue weighted by Gasteiger charge is -2.22. The van der Waals surface area contributed by atoms with Crippen LogP contribution in [0.4, 0.5) is 0 Å². The number of nitrogens with one attached hydrogen (secondary N) is 1. The van der Waals surface area contributed by atoms with Gasteiger partial charge in [-0.25, -0.2) is 4.79 Å². The van der Waals surface area contributed by atoms with Gasteiger partial charge < -0.3 is 15.2 Å². The van der Waals surface area contributed by atoms with Gasteiger partial charge in [-0.2, -0.15) is 0 Å². The van der Waals surface area contributed by atoms with Crippen molar-refractivity contribution in [2.75, 3.05) is 0 Å². The summed E-state index contributed by atoms with van der Waals surface area (Å²) in [6, 6.07) is 15.7. The van der Waals surface area contributed by atoms with Gasteiger partial charge in [0.25, 0.3) is 0 Å². The van der Waals surface area contributed by atoms with Gasteiger partial charge in [0.05, 0.1) is 6.04 Å². The Kier molecular flexibility index (Phi) is 5.38. The summed E-state index contributed by atoms with van der Waals surface area (Å²) in [6.07, 6.45) is -0.861. The molecule has 136 valence electrons. The number of carbonyl (C=O) groups excluding carboxylic acids is 1. The zero-order chi connectivity index (χ0) is 18.7. The smallest absolute Gasteiger partial charge is 0.332 e. The monoisotopic (exact) mass is 353 g/mol. The quantitative estimate of drug-likeness (QED) is 0.866. The van der Waals surface area contributed by atoms with Crippen LogP contribution in [0.5, 0.6) is 0 Å². The van der Waals surface area contributed by atoms with E-state index in [1.54, 1.807) is 0 Å². The first kappa shape index (κ1) is 18.1. The molecular weight excluding hydrogens is 330 g/mol. The third kappa shape index (κ3) is 4.11. The second-order valence-electron chi connectivity index (χ2n) is 6.80. The van der Waals surface area contributed by atoms with E-state index in [1.165, 1.54) is 0 Å². The van der Waals surface area contributed by atoms with E-state index in [2.05, 4.69) is 5.32 Å². The predicted octanol–water partition coefficient (Wildman–Crippen LogP) is 3.14. The molecule has 2 atom stereocenters. The summed E-state index contributed by atoms with van der Waals surface area (Å²) in [5.41, 5.74) is 4.18. The second kappa shape index (κ2) is 7.70. The Morgan fingerprint density at radius 3 is 2.00 bits per heavy atom. The summed E-state index contributed by atoms with van der Waals surface area (Å²) in [6.45, 7) is 4.02. The average Bonchev–Trinajstić information content (AvgIpc) is 3.10. The number of carbonyl (C=O) groups is 2. The topological polar surface area (TPSA) is 75.6 Å². The van der Waals surface area contributed by atoms with Crippen molar-refractivity contribution in [3.63, 3.8) is 0 Å². The van der Waals surface area contributed by atoms with Crippen LogP contribution in [0.3, 0.4) is 0 Å². The molecule has 2 aromatic rings. The number of hydrogen-bond donors (Lipinski definition) is 2. The van der Waals surface area contributed by atoms with Crippen LogP contribution < -0.4 is 5.32 Å². The summed E-state index contributed by atoms with van der Waals surface area (Å²) in [5, 5.41) is 12.1. The fourth-order valence-corrected chi connectivity index (χ4v) is 3.31. The maximum Gasteiger partial charge on any atom is 0.332 e. The summed E-state index contributed by atoms with van der Waals surface area (Å²) in [7, 11) is 0. The van der Waals surface area contributed by atoms with Crippen LogP contribution in [0.25, 0.3) is 0 Å². The fourth-order valence-electron chi connectivity index (χ4n) is 3.31. The molecule has 0 unspecified atom stereocenters. The third-order valence-electron chi connectivity index (χ3n) is 4.62. The van der Waals surface area contributed by atoms with Crippen molar-refractivity contribution in [1.29, 1.82) is 0 Å². The maximum atomic E-state index is 12.7. The van der Waals surface area contributed by atoms with Gasteiger partial charge in [-0.05, 0) is 37.8 Å². The highest BCUT2D eigenvalue weighted by Gasteiger charge is 2.35. The first-order valence-corrected chi connectivity index (χ1v) is 8.76. The molecular formula is C21H23NO4. The Labute approximate surface area is 153 Å². The summed E-state index contributed by atoms with van der Waals surface area (Å²) in [5.74, 6) is -1.30. The van der Waals surface area contributed by atoms with Gasteiger partial charge in [-0.3, -0.25) is 4.79 Å². The molecule has 26 heavy (non-hydrogen) atoms. The molecule has 3 rings (SSSR count). The summed E-state index contributed by atoms with van der Waals surface area (Å²) >= 11 is 0. The van der Waals surface area contributed by atoms with Gasteiger partial charge in [0.2, 0.25) is 5.91 Å². The van der Waals surface area contributed by atoms with Gasteiger partial charge in [0, 0.05) is 0 Å². The molecule has 0 aliphatic carbocycles. The highest BCUT2D eigenvalue weighted by Crippen LogP contribution is 2.26. The Balaban J connectivity index is 1.84. The zero-order valence-electron chi connectivity index (χ0n) is 14.9. The number of benzene rings is 2. The van der Waals surface area contributed by atoms with Crippen molar-refractivity contribution in [3.8, 4) is 0 Å². The molecule has 1 amide bonds. The van der Waals surface area contributed by atoms with E-state index in [0.717, 1.165) is 22.3 Å². The minimum atomic E-state index is -1.02. The lowest BCUT2D eigenvalue weighted by molar-refractivity contribution is -0.151. The second-order valence-corrected chi connectivity index (χ2v) is 6.80. The molecule has 0 spiro atoms. The number of aryl methyl sites for hydroxylation is 2. The summed E-state index contributed by atoms with van der Waals surface area (Å²) in [4.78, 5) is 23.8. The number of carboxylic acid groups (broad SMARTS) is 1. The van der Waals surface area contributed by atoms with Crippen molar-refractivity contribution in [2.24, 2.45) is 0 Å². The molecule has 0 aromatic heterocycles. The number of hydrogen-bond acceptors (Lipinski definition) is 3. The van der Waals surface area contributed by atoms with Crippen molar-refractivity contribution < 1.29 is 19.4 Å². The van der Waals surface area contributed by atoms with Crippen molar-refractivity contribution >= 4 is 11.9 Å². The number of rotatable bonds is 5. The van der Waals surface area contributed by atoms with E-state index >= 15 is 0 Å². The number of ether oxygens (including phenoxy) is 1. The van der Waals surface area contributed by atoms with Gasteiger partial charge in [-0.15, -0.1) is 0 Å². The number of aliphatic carboxylic acids is 1. The Bertz CT molecular complexity index is 772. The van der Waals surface area contributed by atoms with Gasteiger partial charge in [-0.1, -0.05) is 59.7 Å². The van der Waals surface area contributed by atoms with E-state index < -0.39 is 18.2 Å². The number of amides is 1. The van der Waals surface area contributed by atoms with Crippen molar-refractivity contribution in [3.05, 3.63) is 70.8 Å². The Morgan fingerprint density at radius 2 is 1.54 bits per heavy atom. The molecule has 1 aliphatic rings. The van der Waals surface area contributed by atoms with Crippen LogP contribution in [0, 0.1) is 13.8 Å². The molecule has 0 radical (unpaired) electrons. The number of carboxylic acids is 1. The SMILES string of the molecule is Cc1cccc(C(NC(=O)[C@@H]2CC[C@H](C(=O)O)O2)c2cccc(C)c2)c1. The largest absolute Gasteiger partial charge is 0.479 e. The highest BCUT2D eigenvalue weighted by atomic mass is 16.5. The molecule has 5 nitrogen and oxygen atoms in total. The first-order chi connectivity index (χ1) is 12.4. The highest BCUT2D eigenvalue weighted by molar-refractivity contribution is 5.83. The lowest BCUT2D eigenvalue weighted by atomic mass is 9.96. The molecule has 0 saturated carbocycles. The molecule has 1 heterocycles. The van der Waals surface area contributed by atoms with Crippen LogP contribution in [0.1, 0.15) is 41.1 Å². The van der Waals surface area contributed by atoms with E-state index in [4.69, 9.17) is 9.84 Å². The average molecular weight is 353 g/mol. The standard InChI is InChI=1S/C21H23NO4/c1-13-5-3-7-15(11-13)19(16-8-4-6-14(2)12-16)22-20(23)17-9-10-18(26-17)21(24)25/h3-8,11-12,17-19H,9-10H2,1-2H3,(H,22,23)(H,24,25)/t17-,18+/m0/s1. The predicted molar refractivity (Wildman–Crippen MR) is 97.9 cm³/mol. The fraction of sp³-hybridized carbons (Fsp3) is 0.333. The molecule has 0 bridgehead atoms. The van der Waals surface area contributed by atoms with E-state index in [-0.39, 0.29) is 11.9 Å². The molecule has 1 saturated heterocycles. The van der Waals surface area contributed by atoms with Gasteiger partial charge in [0.15, 0.2) is 6.10 Å². The molecule has 1 aliphatic heterocycles. The van der Waals surface area contributed by atoms with Crippen molar-refractivity contribution in [1.82, 2.24) is 5.32 Å². The Hall–Kier alpha value is -2.66. The van der Waals surface area contributed by atoms with Gasteiger partial charge >= 0.3 is 5.97 Å². The van der Waals surface area contributed by atoms with Crippen LogP contribution in [0.15, 0.2) is 48.5 Å². The molecule has 2 N–H and O–H groups in total. The van der Waals surface area contributed by atoms with E-state index in [0.29, 0.717) is 12.8 Å². The third-order valence-corrected chi connectivity index (χ3v) is 4.62. The van der Waals surface area contributed by atoms with Crippen LogP contribution in [-0.4, -0.2) is 29.2 Å². The Morgan fingerprint density at radius 1 is 1.00 bits per heavy atom. The minimum Gasteiger partial charge on any atom is -0.479 e. The van der Waals surface area contributed by atoms with E-state index in [9.17, 15) is 9.59 Å². The van der Waals surface area contributed by atoms with Crippen LogP contribution >= 0.6 is 0 Å². The summed E-state index contributed by atoms with van der Waals surface area (Å²) < 4.78 is 5.39. The zero-order valence-corrected chi connectivity index (χ0v) is 14.9. The molecule has 5 heteroatoms. The maximum absolute atomic E-state index is 12.7. The van der Waals surface area contributed by atoms with Crippen LogP contribution in [-0.2, 0) is 14.3 Å². The molecule has 2 aromatic carbocycles. The van der Waals surface area contributed by atoms with E-state index in [1.807, 2.05) is 62.4 Å². The van der Waals surface area contributed by atoms with Crippen LogP contribution in [0.2, 0.25) is 0 Å². The van der Waals surface area contributed by atoms with Crippen molar-refractivity contribution in [2.45, 2.75) is 44.9 Å². The molecule has 1 fully saturated rings. The first-order valence-electron chi connectivity index (χ1n) is 8.76. The normalized spacial score (nSPS) is 19.5. The lowest BCUT2D eigenvalue weighted by Crippen LogP contribution is -2.38. The minimum absolute atomic E-state index is 0.276.